The molecule has 0 saturated carbocycles. The van der Waals surface area contributed by atoms with E-state index in [2.05, 4.69) is 11.1 Å². The molecule has 1 aromatic carbocycles. The lowest BCUT2D eigenvalue weighted by Gasteiger charge is -2.08. The number of carboxylic acids is 1. The Hall–Kier alpha value is -3.10. The zero-order valence-electron chi connectivity index (χ0n) is 13.9. The van der Waals surface area contributed by atoms with Crippen molar-refractivity contribution in [3.63, 3.8) is 0 Å². The molecular weight excluding hydrogens is 344 g/mol. The number of rotatable bonds is 4. The second kappa shape index (κ2) is 8.32. The first-order valence-corrected chi connectivity index (χ1v) is 9.04. The third-order valence-corrected chi connectivity index (χ3v) is 4.90. The number of nitrogens with zero attached hydrogens (tertiary/aromatic N) is 2. The van der Waals surface area contributed by atoms with Crippen LogP contribution >= 0.6 is 11.8 Å². The third-order valence-electron chi connectivity index (χ3n) is 3.84. The molecule has 0 bridgehead atoms. The van der Waals surface area contributed by atoms with E-state index in [0.29, 0.717) is 16.4 Å². The van der Waals surface area contributed by atoms with Crippen LogP contribution in [0.25, 0.3) is 5.57 Å². The van der Waals surface area contributed by atoms with Gasteiger partial charge in [-0.1, -0.05) is 66.8 Å². The molecule has 1 aliphatic heterocycles. The summed E-state index contributed by atoms with van der Waals surface area (Å²) in [4.78, 5) is 15.4. The molecule has 3 rings (SSSR count). The van der Waals surface area contributed by atoms with Crippen LogP contribution < -0.4 is 0 Å². The SMILES string of the molecule is N#C/C(C1=N[C@H](C(=O)O)CS1)=C(\C=C1C=CC=CC=C1)c1ccccc1. The minimum Gasteiger partial charge on any atom is -0.480 e. The van der Waals surface area contributed by atoms with Crippen molar-refractivity contribution in [3.8, 4) is 6.07 Å². The number of carboxylic acid groups (broad SMARTS) is 1. The lowest BCUT2D eigenvalue weighted by molar-refractivity contribution is -0.137. The first-order valence-electron chi connectivity index (χ1n) is 8.05. The number of aliphatic carboxylic acids is 1. The van der Waals surface area contributed by atoms with Crippen LogP contribution in [-0.2, 0) is 4.79 Å². The van der Waals surface area contributed by atoms with Gasteiger partial charge in [0.1, 0.15) is 11.1 Å². The van der Waals surface area contributed by atoms with Crippen LogP contribution in [0.15, 0.2) is 89.0 Å². The molecule has 1 aliphatic carbocycles. The van der Waals surface area contributed by atoms with E-state index in [4.69, 9.17) is 0 Å². The molecule has 0 spiro atoms. The first-order chi connectivity index (χ1) is 12.7. The molecule has 0 amide bonds. The molecule has 1 N–H and O–H groups in total. The number of benzene rings is 1. The van der Waals surface area contributed by atoms with Gasteiger partial charge in [0.2, 0.25) is 0 Å². The van der Waals surface area contributed by atoms with E-state index in [0.717, 1.165) is 16.7 Å². The number of aliphatic imine (C=N–C) groups is 1. The number of thioether (sulfide) groups is 1. The zero-order chi connectivity index (χ0) is 18.4. The molecule has 1 aromatic rings. The largest absolute Gasteiger partial charge is 0.480 e. The molecule has 2 aliphatic rings. The van der Waals surface area contributed by atoms with Gasteiger partial charge < -0.3 is 5.11 Å². The lowest BCUT2D eigenvalue weighted by atomic mass is 9.98. The van der Waals surface area contributed by atoms with E-state index in [1.54, 1.807) is 0 Å². The summed E-state index contributed by atoms with van der Waals surface area (Å²) in [5, 5.41) is 19.5. The Bertz CT molecular complexity index is 911. The van der Waals surface area contributed by atoms with Crippen molar-refractivity contribution in [2.45, 2.75) is 6.04 Å². The maximum atomic E-state index is 11.2. The number of hydrogen-bond donors (Lipinski definition) is 1. The molecule has 0 radical (unpaired) electrons. The Kier molecular flexibility index (Phi) is 5.67. The number of nitriles is 1. The topological polar surface area (TPSA) is 73.5 Å². The van der Waals surface area contributed by atoms with Crippen LogP contribution in [0.3, 0.4) is 0 Å². The van der Waals surface area contributed by atoms with Crippen LogP contribution in [0.5, 0.6) is 0 Å². The van der Waals surface area contributed by atoms with Crippen molar-refractivity contribution in [2.24, 2.45) is 4.99 Å². The molecule has 1 atom stereocenters. The summed E-state index contributed by atoms with van der Waals surface area (Å²) < 4.78 is 0. The predicted octanol–water partition coefficient (Wildman–Crippen LogP) is 4.17. The lowest BCUT2D eigenvalue weighted by Crippen LogP contribution is -2.17. The molecule has 0 fully saturated rings. The van der Waals surface area contributed by atoms with E-state index in [1.807, 2.05) is 72.9 Å². The minimum absolute atomic E-state index is 0.345. The second-order valence-corrected chi connectivity index (χ2v) is 6.62. The molecular formula is C21H16N2O2S. The monoisotopic (exact) mass is 360 g/mol. The highest BCUT2D eigenvalue weighted by Gasteiger charge is 2.27. The fraction of sp³-hybridized carbons (Fsp3) is 0.0952. The zero-order valence-corrected chi connectivity index (χ0v) is 14.7. The van der Waals surface area contributed by atoms with Gasteiger partial charge in [-0.2, -0.15) is 5.26 Å². The van der Waals surface area contributed by atoms with Gasteiger partial charge in [-0.25, -0.2) is 4.79 Å². The molecule has 0 aromatic heterocycles. The Labute approximate surface area is 156 Å². The molecule has 0 unspecified atom stereocenters. The summed E-state index contributed by atoms with van der Waals surface area (Å²) in [6.07, 6.45) is 13.6. The number of carbonyl (C=O) groups is 1. The molecule has 0 saturated heterocycles. The van der Waals surface area contributed by atoms with Gasteiger partial charge >= 0.3 is 5.97 Å². The fourth-order valence-corrected chi connectivity index (χ4v) is 3.59. The van der Waals surface area contributed by atoms with Crippen molar-refractivity contribution >= 4 is 28.3 Å². The van der Waals surface area contributed by atoms with Gasteiger partial charge in [0.15, 0.2) is 6.04 Å². The first kappa shape index (κ1) is 17.7. The van der Waals surface area contributed by atoms with E-state index in [-0.39, 0.29) is 0 Å². The van der Waals surface area contributed by atoms with Crippen LogP contribution in [-0.4, -0.2) is 27.9 Å². The average Bonchev–Trinajstić information content (AvgIpc) is 3.00. The van der Waals surface area contributed by atoms with Gasteiger partial charge in [-0.15, -0.1) is 11.8 Å². The van der Waals surface area contributed by atoms with Gasteiger partial charge in [0, 0.05) is 11.3 Å². The summed E-state index contributed by atoms with van der Waals surface area (Å²) in [5.41, 5.74) is 2.96. The quantitative estimate of drug-likeness (QED) is 0.818. The Morgan fingerprint density at radius 3 is 2.46 bits per heavy atom. The highest BCUT2D eigenvalue weighted by atomic mass is 32.2. The average molecular weight is 360 g/mol. The van der Waals surface area contributed by atoms with Crippen LogP contribution in [0.1, 0.15) is 5.56 Å². The molecule has 1 heterocycles. The minimum atomic E-state index is -0.967. The highest BCUT2D eigenvalue weighted by Crippen LogP contribution is 2.30. The molecule has 4 nitrogen and oxygen atoms in total. The van der Waals surface area contributed by atoms with Crippen LogP contribution in [0.4, 0.5) is 0 Å². The standard InChI is InChI=1S/C21H16N2O2S/c22-13-18(20-23-19(14-26-20)21(24)25)17(16-10-6-3-7-11-16)12-15-8-4-1-2-5-9-15/h1-12,19H,14H2,(H,24,25)/b18-17-/t19-/m0/s1. The summed E-state index contributed by atoms with van der Waals surface area (Å²) in [7, 11) is 0. The van der Waals surface area contributed by atoms with Gasteiger partial charge in [0.25, 0.3) is 0 Å². The third kappa shape index (κ3) is 4.11. The fourth-order valence-electron chi connectivity index (χ4n) is 2.56. The Morgan fingerprint density at radius 2 is 1.88 bits per heavy atom. The van der Waals surface area contributed by atoms with E-state index < -0.39 is 12.0 Å². The maximum Gasteiger partial charge on any atom is 0.329 e. The summed E-state index contributed by atoms with van der Waals surface area (Å²) in [5.74, 6) is -0.622. The van der Waals surface area contributed by atoms with Crippen LogP contribution in [0.2, 0.25) is 0 Å². The normalized spacial score (nSPS) is 19.4. The number of allylic oxidation sites excluding steroid dienone is 9. The molecule has 5 heteroatoms. The predicted molar refractivity (Wildman–Crippen MR) is 106 cm³/mol. The van der Waals surface area contributed by atoms with Crippen molar-refractivity contribution in [1.82, 2.24) is 0 Å². The summed E-state index contributed by atoms with van der Waals surface area (Å²) in [6.45, 7) is 0. The summed E-state index contributed by atoms with van der Waals surface area (Å²) in [6, 6.07) is 11.0. The maximum absolute atomic E-state index is 11.2. The van der Waals surface area contributed by atoms with E-state index >= 15 is 0 Å². The number of hydrogen-bond acceptors (Lipinski definition) is 4. The van der Waals surface area contributed by atoms with Crippen molar-refractivity contribution in [1.29, 1.82) is 5.26 Å². The van der Waals surface area contributed by atoms with Crippen molar-refractivity contribution in [3.05, 3.63) is 89.6 Å². The molecule has 128 valence electrons. The van der Waals surface area contributed by atoms with E-state index in [9.17, 15) is 15.2 Å². The van der Waals surface area contributed by atoms with E-state index in [1.165, 1.54) is 11.8 Å². The second-order valence-electron chi connectivity index (χ2n) is 5.61. The van der Waals surface area contributed by atoms with Gasteiger partial charge in [-0.05, 0) is 17.2 Å². The highest BCUT2D eigenvalue weighted by molar-refractivity contribution is 8.14. The summed E-state index contributed by atoms with van der Waals surface area (Å²) >= 11 is 1.31. The Balaban J connectivity index is 2.14. The van der Waals surface area contributed by atoms with Crippen molar-refractivity contribution < 1.29 is 9.90 Å². The van der Waals surface area contributed by atoms with Crippen molar-refractivity contribution in [2.75, 3.05) is 5.75 Å². The Morgan fingerprint density at radius 1 is 1.19 bits per heavy atom. The van der Waals surface area contributed by atoms with Gasteiger partial charge in [-0.3, -0.25) is 4.99 Å². The smallest absolute Gasteiger partial charge is 0.329 e. The molecule has 26 heavy (non-hydrogen) atoms. The van der Waals surface area contributed by atoms with Crippen LogP contribution in [0, 0.1) is 11.3 Å². The van der Waals surface area contributed by atoms with Gasteiger partial charge in [0.05, 0.1) is 5.57 Å².